The molecule has 1 N–H and O–H groups in total. The first-order valence-electron chi connectivity index (χ1n) is 6.53. The molecule has 4 nitrogen and oxygen atoms in total. The van der Waals surface area contributed by atoms with Crippen LogP contribution < -0.4 is 10.1 Å². The number of anilines is 1. The van der Waals surface area contributed by atoms with Crippen molar-refractivity contribution in [3.05, 3.63) is 28.6 Å². The largest absolute Gasteiger partial charge is 0.496 e. The van der Waals surface area contributed by atoms with Crippen molar-refractivity contribution in [3.8, 4) is 17.0 Å². The number of amides is 1. The van der Waals surface area contributed by atoms with E-state index in [1.54, 1.807) is 7.11 Å². The maximum Gasteiger partial charge on any atom is 0.227 e. The van der Waals surface area contributed by atoms with Gasteiger partial charge in [-0.3, -0.25) is 4.79 Å². The second kappa shape index (κ2) is 6.91. The second-order valence-corrected chi connectivity index (χ2v) is 6.18. The van der Waals surface area contributed by atoms with Crippen LogP contribution in [-0.2, 0) is 4.79 Å². The Morgan fingerprint density at radius 1 is 1.43 bits per heavy atom. The quantitative estimate of drug-likeness (QED) is 0.846. The highest BCUT2D eigenvalue weighted by Gasteiger charge is 2.13. The van der Waals surface area contributed by atoms with Crippen molar-refractivity contribution >= 4 is 34.0 Å². The molecule has 0 unspecified atom stereocenters. The minimum absolute atomic E-state index is 0.115. The fraction of sp³-hybridized carbons (Fsp3) is 0.333. The van der Waals surface area contributed by atoms with Gasteiger partial charge in [0.25, 0.3) is 0 Å². The molecule has 6 heteroatoms. The Balaban J connectivity index is 2.26. The maximum atomic E-state index is 11.6. The normalized spacial score (nSPS) is 10.5. The number of carbonyl (C=O) groups is 1. The molecule has 0 aliphatic heterocycles. The third kappa shape index (κ3) is 3.74. The van der Waals surface area contributed by atoms with Crippen molar-refractivity contribution < 1.29 is 9.53 Å². The SMILES string of the molecule is COc1ccc(-c2nc(NC(=O)CCCl)sc2C)cc1C. The summed E-state index contributed by atoms with van der Waals surface area (Å²) in [5.41, 5.74) is 2.95. The van der Waals surface area contributed by atoms with E-state index >= 15 is 0 Å². The number of hydrogen-bond acceptors (Lipinski definition) is 4. The zero-order valence-corrected chi connectivity index (χ0v) is 13.8. The summed E-state index contributed by atoms with van der Waals surface area (Å²) in [6.07, 6.45) is 0.289. The number of benzene rings is 1. The van der Waals surface area contributed by atoms with E-state index in [4.69, 9.17) is 16.3 Å². The predicted molar refractivity (Wildman–Crippen MR) is 87.5 cm³/mol. The van der Waals surface area contributed by atoms with Gasteiger partial charge in [0, 0.05) is 22.7 Å². The molecule has 0 saturated carbocycles. The molecule has 0 radical (unpaired) electrons. The van der Waals surface area contributed by atoms with Crippen LogP contribution in [0.3, 0.4) is 0 Å². The van der Waals surface area contributed by atoms with E-state index in [1.807, 2.05) is 32.0 Å². The number of alkyl halides is 1. The topological polar surface area (TPSA) is 51.2 Å². The lowest BCUT2D eigenvalue weighted by molar-refractivity contribution is -0.115. The van der Waals surface area contributed by atoms with Gasteiger partial charge in [-0.05, 0) is 37.6 Å². The smallest absolute Gasteiger partial charge is 0.227 e. The summed E-state index contributed by atoms with van der Waals surface area (Å²) in [6, 6.07) is 5.93. The van der Waals surface area contributed by atoms with Crippen LogP contribution in [0.25, 0.3) is 11.3 Å². The van der Waals surface area contributed by atoms with E-state index in [0.717, 1.165) is 27.4 Å². The van der Waals surface area contributed by atoms with Gasteiger partial charge < -0.3 is 10.1 Å². The molecule has 112 valence electrons. The highest BCUT2D eigenvalue weighted by molar-refractivity contribution is 7.16. The Bertz CT molecular complexity index is 655. The van der Waals surface area contributed by atoms with Gasteiger partial charge in [0.15, 0.2) is 5.13 Å². The lowest BCUT2D eigenvalue weighted by atomic mass is 10.1. The van der Waals surface area contributed by atoms with E-state index in [-0.39, 0.29) is 12.3 Å². The molecule has 2 rings (SSSR count). The molecule has 0 bridgehead atoms. The molecular formula is C15H17ClN2O2S. The molecule has 0 aliphatic rings. The first-order chi connectivity index (χ1) is 10.0. The molecule has 2 aromatic rings. The van der Waals surface area contributed by atoms with Gasteiger partial charge in [-0.25, -0.2) is 4.98 Å². The summed E-state index contributed by atoms with van der Waals surface area (Å²) >= 11 is 7.01. The molecular weight excluding hydrogens is 308 g/mol. The van der Waals surface area contributed by atoms with Crippen LogP contribution in [0.5, 0.6) is 5.75 Å². The van der Waals surface area contributed by atoms with Gasteiger partial charge in [-0.15, -0.1) is 22.9 Å². The standard InChI is InChI=1S/C15H17ClN2O2S/c1-9-8-11(4-5-12(9)20-3)14-10(2)21-15(18-14)17-13(19)6-7-16/h4-5,8H,6-7H2,1-3H3,(H,17,18,19). The van der Waals surface area contributed by atoms with E-state index in [9.17, 15) is 4.79 Å². The zero-order valence-electron chi connectivity index (χ0n) is 12.2. The Kier molecular flexibility index (Phi) is 5.20. The van der Waals surface area contributed by atoms with Crippen molar-refractivity contribution in [3.63, 3.8) is 0 Å². The summed E-state index contributed by atoms with van der Waals surface area (Å²) in [4.78, 5) is 17.1. The number of nitrogens with zero attached hydrogens (tertiary/aromatic N) is 1. The minimum Gasteiger partial charge on any atom is -0.496 e. The summed E-state index contributed by atoms with van der Waals surface area (Å²) < 4.78 is 5.26. The van der Waals surface area contributed by atoms with Crippen molar-refractivity contribution in [2.75, 3.05) is 18.3 Å². The first-order valence-corrected chi connectivity index (χ1v) is 7.88. The molecule has 0 fully saturated rings. The average Bonchev–Trinajstić information content (AvgIpc) is 2.79. The molecule has 0 spiro atoms. The number of rotatable bonds is 5. The molecule has 0 saturated heterocycles. The van der Waals surface area contributed by atoms with Crippen LogP contribution >= 0.6 is 22.9 Å². The van der Waals surface area contributed by atoms with Crippen LogP contribution in [0.1, 0.15) is 16.9 Å². The maximum absolute atomic E-state index is 11.6. The highest BCUT2D eigenvalue weighted by Crippen LogP contribution is 2.32. The van der Waals surface area contributed by atoms with Crippen molar-refractivity contribution in [2.45, 2.75) is 20.3 Å². The number of aryl methyl sites for hydroxylation is 2. The Hall–Kier alpha value is -1.59. The summed E-state index contributed by atoms with van der Waals surface area (Å²) in [6.45, 7) is 3.98. The Morgan fingerprint density at radius 2 is 2.19 bits per heavy atom. The third-order valence-corrected chi connectivity index (χ3v) is 4.11. The van der Waals surface area contributed by atoms with Crippen LogP contribution in [-0.4, -0.2) is 23.9 Å². The summed E-state index contributed by atoms with van der Waals surface area (Å²) in [7, 11) is 1.65. The van der Waals surface area contributed by atoms with E-state index in [0.29, 0.717) is 11.0 Å². The van der Waals surface area contributed by atoms with Gasteiger partial charge in [0.2, 0.25) is 5.91 Å². The molecule has 1 amide bonds. The number of thiazole rings is 1. The third-order valence-electron chi connectivity index (χ3n) is 3.03. The number of hydrogen-bond donors (Lipinski definition) is 1. The molecule has 0 aliphatic carbocycles. The van der Waals surface area contributed by atoms with Crippen LogP contribution in [0.4, 0.5) is 5.13 Å². The van der Waals surface area contributed by atoms with Crippen molar-refractivity contribution in [1.29, 1.82) is 0 Å². The minimum atomic E-state index is -0.115. The summed E-state index contributed by atoms with van der Waals surface area (Å²) in [5, 5.41) is 3.37. The molecule has 21 heavy (non-hydrogen) atoms. The van der Waals surface area contributed by atoms with Gasteiger partial charge in [-0.1, -0.05) is 0 Å². The average molecular weight is 325 g/mol. The highest BCUT2D eigenvalue weighted by atomic mass is 35.5. The number of methoxy groups -OCH3 is 1. The van der Waals surface area contributed by atoms with Gasteiger partial charge in [0.05, 0.1) is 12.8 Å². The Morgan fingerprint density at radius 3 is 2.81 bits per heavy atom. The van der Waals surface area contributed by atoms with E-state index in [1.165, 1.54) is 11.3 Å². The van der Waals surface area contributed by atoms with Crippen molar-refractivity contribution in [2.24, 2.45) is 0 Å². The van der Waals surface area contributed by atoms with Crippen molar-refractivity contribution in [1.82, 2.24) is 4.98 Å². The number of aromatic nitrogens is 1. The zero-order chi connectivity index (χ0) is 15.4. The number of halogens is 1. The molecule has 1 aromatic heterocycles. The van der Waals surface area contributed by atoms with Gasteiger partial charge >= 0.3 is 0 Å². The molecule has 0 atom stereocenters. The number of nitrogens with one attached hydrogen (secondary N) is 1. The fourth-order valence-electron chi connectivity index (χ4n) is 2.01. The number of carbonyl (C=O) groups excluding carboxylic acids is 1. The van der Waals surface area contributed by atoms with E-state index < -0.39 is 0 Å². The van der Waals surface area contributed by atoms with E-state index in [2.05, 4.69) is 10.3 Å². The lowest BCUT2D eigenvalue weighted by Crippen LogP contribution is -2.11. The fourth-order valence-corrected chi connectivity index (χ4v) is 3.03. The second-order valence-electron chi connectivity index (χ2n) is 4.60. The van der Waals surface area contributed by atoms with Crippen LogP contribution in [0.15, 0.2) is 18.2 Å². The van der Waals surface area contributed by atoms with Crippen LogP contribution in [0, 0.1) is 13.8 Å². The number of ether oxygens (including phenoxy) is 1. The monoisotopic (exact) mass is 324 g/mol. The lowest BCUT2D eigenvalue weighted by Gasteiger charge is -2.06. The Labute approximate surface area is 133 Å². The predicted octanol–water partition coefficient (Wildman–Crippen LogP) is 4.00. The van der Waals surface area contributed by atoms with Gasteiger partial charge in [0.1, 0.15) is 5.75 Å². The first kappa shape index (κ1) is 15.8. The molecule has 1 aromatic carbocycles. The van der Waals surface area contributed by atoms with Gasteiger partial charge in [-0.2, -0.15) is 0 Å². The summed E-state index contributed by atoms with van der Waals surface area (Å²) in [5.74, 6) is 1.04. The molecule has 1 heterocycles. The van der Waals surface area contributed by atoms with Crippen LogP contribution in [0.2, 0.25) is 0 Å².